The fraction of sp³-hybridized carbons (Fsp3) is 0.500. The van der Waals surface area contributed by atoms with Gasteiger partial charge in [-0.25, -0.2) is 0 Å². The predicted molar refractivity (Wildman–Crippen MR) is 75.3 cm³/mol. The summed E-state index contributed by atoms with van der Waals surface area (Å²) in [6, 6.07) is 3.34. The number of alkyl halides is 3. The molecule has 3 nitrogen and oxygen atoms in total. The van der Waals surface area contributed by atoms with Crippen molar-refractivity contribution in [1.29, 1.82) is 5.41 Å². The monoisotopic (exact) mass is 287 g/mol. The summed E-state index contributed by atoms with van der Waals surface area (Å²) in [6.07, 6.45) is -1.35. The SMILES string of the molecule is CCCCCN(C)c1ccc(C(F)(F)F)cc1C(=N)N. The van der Waals surface area contributed by atoms with Crippen LogP contribution in [0.25, 0.3) is 0 Å². The molecule has 0 radical (unpaired) electrons. The van der Waals surface area contributed by atoms with Crippen molar-refractivity contribution in [3.63, 3.8) is 0 Å². The van der Waals surface area contributed by atoms with E-state index in [-0.39, 0.29) is 11.4 Å². The number of benzene rings is 1. The van der Waals surface area contributed by atoms with Gasteiger partial charge in [0.15, 0.2) is 0 Å². The summed E-state index contributed by atoms with van der Waals surface area (Å²) >= 11 is 0. The number of rotatable bonds is 6. The van der Waals surface area contributed by atoms with E-state index in [4.69, 9.17) is 11.1 Å². The van der Waals surface area contributed by atoms with Gasteiger partial charge in [-0.3, -0.25) is 5.41 Å². The fourth-order valence-corrected chi connectivity index (χ4v) is 1.98. The molecule has 1 rings (SSSR count). The summed E-state index contributed by atoms with van der Waals surface area (Å²) in [7, 11) is 1.80. The third-order valence-electron chi connectivity index (χ3n) is 3.12. The zero-order valence-electron chi connectivity index (χ0n) is 11.7. The average Bonchev–Trinajstić information content (AvgIpc) is 2.37. The van der Waals surface area contributed by atoms with Crippen molar-refractivity contribution in [3.05, 3.63) is 29.3 Å². The third-order valence-corrected chi connectivity index (χ3v) is 3.12. The van der Waals surface area contributed by atoms with Gasteiger partial charge in [-0.05, 0) is 24.6 Å². The summed E-state index contributed by atoms with van der Waals surface area (Å²) in [6.45, 7) is 2.80. The Bertz CT molecular complexity index is 469. The van der Waals surface area contributed by atoms with Gasteiger partial charge in [-0.1, -0.05) is 19.8 Å². The van der Waals surface area contributed by atoms with Crippen LogP contribution in [0.3, 0.4) is 0 Å². The lowest BCUT2D eigenvalue weighted by Crippen LogP contribution is -2.24. The van der Waals surface area contributed by atoms with Crippen molar-refractivity contribution in [2.45, 2.75) is 32.4 Å². The molecule has 1 aromatic rings. The number of halogens is 3. The molecule has 1 aromatic carbocycles. The Balaban J connectivity index is 3.04. The van der Waals surface area contributed by atoms with Gasteiger partial charge in [0, 0.05) is 24.8 Å². The smallest absolute Gasteiger partial charge is 0.384 e. The number of hydrogen-bond acceptors (Lipinski definition) is 2. The van der Waals surface area contributed by atoms with Gasteiger partial charge in [0.2, 0.25) is 0 Å². The van der Waals surface area contributed by atoms with E-state index >= 15 is 0 Å². The minimum atomic E-state index is -4.43. The zero-order chi connectivity index (χ0) is 15.3. The van der Waals surface area contributed by atoms with E-state index < -0.39 is 11.7 Å². The van der Waals surface area contributed by atoms with Crippen LogP contribution in [0.15, 0.2) is 18.2 Å². The molecule has 0 saturated carbocycles. The molecule has 6 heteroatoms. The molecule has 0 aliphatic carbocycles. The highest BCUT2D eigenvalue weighted by Gasteiger charge is 2.31. The van der Waals surface area contributed by atoms with E-state index in [0.29, 0.717) is 5.69 Å². The highest BCUT2D eigenvalue weighted by atomic mass is 19.4. The predicted octanol–water partition coefficient (Wildman–Crippen LogP) is 3.62. The first kappa shape index (κ1) is 16.3. The summed E-state index contributed by atoms with van der Waals surface area (Å²) < 4.78 is 38.1. The van der Waals surface area contributed by atoms with E-state index in [9.17, 15) is 13.2 Å². The van der Waals surface area contributed by atoms with Crippen LogP contribution >= 0.6 is 0 Å². The number of hydrogen-bond donors (Lipinski definition) is 2. The lowest BCUT2D eigenvalue weighted by molar-refractivity contribution is -0.137. The van der Waals surface area contributed by atoms with Crippen LogP contribution in [0.1, 0.15) is 37.3 Å². The zero-order valence-corrected chi connectivity index (χ0v) is 11.7. The van der Waals surface area contributed by atoms with Gasteiger partial charge in [0.25, 0.3) is 0 Å². The van der Waals surface area contributed by atoms with Crippen LogP contribution in [0.5, 0.6) is 0 Å². The van der Waals surface area contributed by atoms with Gasteiger partial charge in [0.05, 0.1) is 5.56 Å². The molecule has 0 aliphatic rings. The van der Waals surface area contributed by atoms with Gasteiger partial charge in [0.1, 0.15) is 5.84 Å². The van der Waals surface area contributed by atoms with Crippen molar-refractivity contribution >= 4 is 11.5 Å². The number of unbranched alkanes of at least 4 members (excludes halogenated alkanes) is 2. The lowest BCUT2D eigenvalue weighted by atomic mass is 10.1. The molecule has 20 heavy (non-hydrogen) atoms. The molecule has 112 valence electrons. The van der Waals surface area contributed by atoms with Crippen LogP contribution < -0.4 is 10.6 Å². The second-order valence-corrected chi connectivity index (χ2v) is 4.77. The number of nitrogen functional groups attached to an aromatic ring is 1. The maximum Gasteiger partial charge on any atom is 0.416 e. The first-order chi connectivity index (χ1) is 9.27. The van der Waals surface area contributed by atoms with Crippen molar-refractivity contribution in [2.75, 3.05) is 18.5 Å². The lowest BCUT2D eigenvalue weighted by Gasteiger charge is -2.23. The second-order valence-electron chi connectivity index (χ2n) is 4.77. The molecular weight excluding hydrogens is 267 g/mol. The minimum absolute atomic E-state index is 0.124. The Morgan fingerprint density at radius 2 is 1.95 bits per heavy atom. The number of nitrogens with one attached hydrogen (secondary N) is 1. The molecule has 0 saturated heterocycles. The molecule has 3 N–H and O–H groups in total. The van der Waals surface area contributed by atoms with Gasteiger partial charge < -0.3 is 10.6 Å². The van der Waals surface area contributed by atoms with Crippen LogP contribution in [-0.2, 0) is 6.18 Å². The Morgan fingerprint density at radius 3 is 2.45 bits per heavy atom. The van der Waals surface area contributed by atoms with Gasteiger partial charge >= 0.3 is 6.18 Å². The topological polar surface area (TPSA) is 53.1 Å². The number of anilines is 1. The molecule has 0 unspecified atom stereocenters. The summed E-state index contributed by atoms with van der Waals surface area (Å²) in [5.74, 6) is -0.353. The van der Waals surface area contributed by atoms with Gasteiger partial charge in [-0.2, -0.15) is 13.2 Å². The highest BCUT2D eigenvalue weighted by Crippen LogP contribution is 2.32. The highest BCUT2D eigenvalue weighted by molar-refractivity contribution is 6.00. The van der Waals surface area contributed by atoms with Crippen LogP contribution in [-0.4, -0.2) is 19.4 Å². The van der Waals surface area contributed by atoms with E-state index in [1.165, 1.54) is 6.07 Å². The third kappa shape index (κ3) is 4.15. The quantitative estimate of drug-likeness (QED) is 0.477. The van der Waals surface area contributed by atoms with E-state index in [0.717, 1.165) is 37.9 Å². The fourth-order valence-electron chi connectivity index (χ4n) is 1.98. The largest absolute Gasteiger partial charge is 0.416 e. The second kappa shape index (κ2) is 6.63. The molecule has 0 heterocycles. The maximum absolute atomic E-state index is 12.7. The van der Waals surface area contributed by atoms with Gasteiger partial charge in [-0.15, -0.1) is 0 Å². The van der Waals surface area contributed by atoms with Crippen LogP contribution in [0.4, 0.5) is 18.9 Å². The molecule has 0 amide bonds. The van der Waals surface area contributed by atoms with Crippen molar-refractivity contribution < 1.29 is 13.2 Å². The minimum Gasteiger partial charge on any atom is -0.384 e. The maximum atomic E-state index is 12.7. The Morgan fingerprint density at radius 1 is 1.30 bits per heavy atom. The first-order valence-corrected chi connectivity index (χ1v) is 6.54. The van der Waals surface area contributed by atoms with Crippen molar-refractivity contribution in [1.82, 2.24) is 0 Å². The molecule has 0 atom stereocenters. The molecule has 0 fully saturated rings. The number of nitrogens with two attached hydrogens (primary N) is 1. The Kier molecular flexibility index (Phi) is 5.42. The molecule has 0 aliphatic heterocycles. The molecule has 0 spiro atoms. The Hall–Kier alpha value is -1.72. The molecule has 0 aromatic heterocycles. The normalized spacial score (nSPS) is 11.4. The van der Waals surface area contributed by atoms with E-state index in [2.05, 4.69) is 6.92 Å². The first-order valence-electron chi connectivity index (χ1n) is 6.54. The summed E-state index contributed by atoms with van der Waals surface area (Å²) in [4.78, 5) is 1.84. The molecule has 0 bridgehead atoms. The average molecular weight is 287 g/mol. The standard InChI is InChI=1S/C14H20F3N3/c1-3-4-5-8-20(2)12-7-6-10(14(15,16)17)9-11(12)13(18)19/h6-7,9H,3-5,8H2,1-2H3,(H3,18,19). The molecular formula is C14H20F3N3. The number of nitrogens with zero attached hydrogens (tertiary/aromatic N) is 1. The van der Waals surface area contributed by atoms with Crippen LogP contribution in [0.2, 0.25) is 0 Å². The summed E-state index contributed by atoms with van der Waals surface area (Å²) in [5.41, 5.74) is 5.31. The van der Waals surface area contributed by atoms with Crippen molar-refractivity contribution in [2.24, 2.45) is 5.73 Å². The Labute approximate surface area is 117 Å². The van der Waals surface area contributed by atoms with Crippen LogP contribution in [0, 0.1) is 5.41 Å². The van der Waals surface area contributed by atoms with E-state index in [1.54, 1.807) is 7.05 Å². The number of amidine groups is 1. The van der Waals surface area contributed by atoms with Crippen molar-refractivity contribution in [3.8, 4) is 0 Å². The van der Waals surface area contributed by atoms with E-state index in [1.807, 2.05) is 4.90 Å². The summed E-state index contributed by atoms with van der Waals surface area (Å²) in [5, 5.41) is 7.47.